The van der Waals surface area contributed by atoms with Crippen molar-refractivity contribution in [2.24, 2.45) is 0 Å². The molecule has 0 unspecified atom stereocenters. The first-order chi connectivity index (χ1) is 8.16. The van der Waals surface area contributed by atoms with Gasteiger partial charge in [-0.15, -0.1) is 0 Å². The molecule has 0 amide bonds. The van der Waals surface area contributed by atoms with Crippen molar-refractivity contribution in [2.75, 3.05) is 11.9 Å². The van der Waals surface area contributed by atoms with Gasteiger partial charge >= 0.3 is 0 Å². The zero-order valence-corrected chi connectivity index (χ0v) is 10.4. The lowest BCUT2D eigenvalue weighted by Crippen LogP contribution is -2.06. The van der Waals surface area contributed by atoms with Gasteiger partial charge in [0.25, 0.3) is 0 Å². The van der Waals surface area contributed by atoms with Crippen molar-refractivity contribution in [3.63, 3.8) is 0 Å². The Hall–Kier alpha value is -1.13. The van der Waals surface area contributed by atoms with Gasteiger partial charge in [0.1, 0.15) is 5.82 Å². The third-order valence-electron chi connectivity index (χ3n) is 2.30. The molecule has 1 aromatic heterocycles. The van der Waals surface area contributed by atoms with E-state index in [1.165, 1.54) is 5.56 Å². The Kier molecular flexibility index (Phi) is 3.97. The summed E-state index contributed by atoms with van der Waals surface area (Å²) in [6, 6.07) is 3.92. The second kappa shape index (κ2) is 5.47. The largest absolute Gasteiger partial charge is 0.381 e. The Morgan fingerprint density at radius 2 is 2.12 bits per heavy atom. The third kappa shape index (κ3) is 3.17. The van der Waals surface area contributed by atoms with E-state index in [1.54, 1.807) is 11.3 Å². The predicted molar refractivity (Wildman–Crippen MR) is 67.9 cm³/mol. The number of benzene rings is 1. The zero-order chi connectivity index (χ0) is 12.3. The first-order valence-corrected chi connectivity index (χ1v) is 6.38. The predicted octanol–water partition coefficient (Wildman–Crippen LogP) is 4.33. The Labute approximate surface area is 107 Å². The van der Waals surface area contributed by atoms with Gasteiger partial charge in [-0.25, -0.2) is 8.78 Å². The minimum Gasteiger partial charge on any atom is -0.381 e. The van der Waals surface area contributed by atoms with E-state index in [4.69, 9.17) is 11.6 Å². The molecule has 1 nitrogen and oxygen atoms in total. The first-order valence-electron chi connectivity index (χ1n) is 5.06. The van der Waals surface area contributed by atoms with Gasteiger partial charge in [-0.3, -0.25) is 0 Å². The fourth-order valence-electron chi connectivity index (χ4n) is 1.48. The van der Waals surface area contributed by atoms with Crippen molar-refractivity contribution in [1.29, 1.82) is 0 Å². The monoisotopic (exact) mass is 273 g/mol. The van der Waals surface area contributed by atoms with E-state index < -0.39 is 11.6 Å². The molecule has 0 fully saturated rings. The minimum atomic E-state index is -0.670. The van der Waals surface area contributed by atoms with Crippen molar-refractivity contribution >= 4 is 28.6 Å². The second-order valence-electron chi connectivity index (χ2n) is 3.55. The normalized spacial score (nSPS) is 10.5. The average molecular weight is 274 g/mol. The molecule has 0 bridgehead atoms. The molecule has 0 spiro atoms. The van der Waals surface area contributed by atoms with E-state index in [2.05, 4.69) is 5.32 Å². The average Bonchev–Trinajstić information content (AvgIpc) is 2.74. The summed E-state index contributed by atoms with van der Waals surface area (Å²) in [6.07, 6.45) is 0.774. The lowest BCUT2D eigenvalue weighted by atomic mass is 10.2. The lowest BCUT2D eigenvalue weighted by molar-refractivity contribution is 0.585. The van der Waals surface area contributed by atoms with Crippen molar-refractivity contribution in [2.45, 2.75) is 6.42 Å². The molecule has 90 valence electrons. The van der Waals surface area contributed by atoms with E-state index in [1.807, 2.05) is 16.8 Å². The van der Waals surface area contributed by atoms with Crippen LogP contribution in [0.2, 0.25) is 5.02 Å². The van der Waals surface area contributed by atoms with Crippen LogP contribution in [0, 0.1) is 11.6 Å². The number of hydrogen-bond acceptors (Lipinski definition) is 2. The molecule has 0 aliphatic carbocycles. The fourth-order valence-corrected chi connectivity index (χ4v) is 2.44. The molecule has 5 heteroatoms. The van der Waals surface area contributed by atoms with E-state index in [-0.39, 0.29) is 10.7 Å². The molecular formula is C12H10ClF2NS. The summed E-state index contributed by atoms with van der Waals surface area (Å²) >= 11 is 7.37. The maximum atomic E-state index is 13.4. The molecule has 0 saturated heterocycles. The summed E-state index contributed by atoms with van der Waals surface area (Å²) in [5.41, 5.74) is 1.34. The van der Waals surface area contributed by atoms with Crippen LogP contribution in [0.3, 0.4) is 0 Å². The lowest BCUT2D eigenvalue weighted by Gasteiger charge is -2.09. The number of nitrogens with one attached hydrogen (secondary N) is 1. The van der Waals surface area contributed by atoms with E-state index in [0.717, 1.165) is 18.6 Å². The van der Waals surface area contributed by atoms with Gasteiger partial charge < -0.3 is 5.32 Å². The third-order valence-corrected chi connectivity index (χ3v) is 3.33. The Bertz CT molecular complexity index is 476. The number of rotatable bonds is 4. The van der Waals surface area contributed by atoms with Crippen LogP contribution in [0.25, 0.3) is 0 Å². The molecule has 0 aliphatic heterocycles. The summed E-state index contributed by atoms with van der Waals surface area (Å²) < 4.78 is 26.2. The SMILES string of the molecule is Fc1cc(F)c(NCCc2ccsc2)c(Cl)c1. The number of halogens is 3. The molecule has 0 radical (unpaired) electrons. The number of hydrogen-bond donors (Lipinski definition) is 1. The van der Waals surface area contributed by atoms with Crippen LogP contribution in [0.4, 0.5) is 14.5 Å². The fraction of sp³-hybridized carbons (Fsp3) is 0.167. The van der Waals surface area contributed by atoms with Crippen LogP contribution in [0.15, 0.2) is 29.0 Å². The van der Waals surface area contributed by atoms with Gasteiger partial charge in [0.2, 0.25) is 0 Å². The van der Waals surface area contributed by atoms with Crippen molar-refractivity contribution < 1.29 is 8.78 Å². The summed E-state index contributed by atoms with van der Waals surface area (Å²) in [4.78, 5) is 0. The Balaban J connectivity index is 1.99. The van der Waals surface area contributed by atoms with Gasteiger partial charge in [-0.05, 0) is 34.9 Å². The summed E-state index contributed by atoms with van der Waals surface area (Å²) in [5.74, 6) is -1.34. The van der Waals surface area contributed by atoms with Crippen LogP contribution in [-0.4, -0.2) is 6.54 Å². The smallest absolute Gasteiger partial charge is 0.150 e. The van der Waals surface area contributed by atoms with Gasteiger partial charge in [-0.2, -0.15) is 11.3 Å². The molecule has 1 heterocycles. The molecule has 1 N–H and O–H groups in total. The molecule has 2 rings (SSSR count). The molecule has 0 atom stereocenters. The maximum Gasteiger partial charge on any atom is 0.150 e. The Morgan fingerprint density at radius 1 is 1.29 bits per heavy atom. The molecular weight excluding hydrogens is 264 g/mol. The van der Waals surface area contributed by atoms with Crippen molar-refractivity contribution in [3.05, 3.63) is 51.2 Å². The molecule has 2 aromatic rings. The highest BCUT2D eigenvalue weighted by Crippen LogP contribution is 2.26. The highest BCUT2D eigenvalue weighted by molar-refractivity contribution is 7.07. The summed E-state index contributed by atoms with van der Waals surface area (Å²) in [6.45, 7) is 0.555. The van der Waals surface area contributed by atoms with Gasteiger partial charge in [-0.1, -0.05) is 11.6 Å². The standard InChI is InChI=1S/C12H10ClF2NS/c13-10-5-9(14)6-11(15)12(10)16-3-1-8-2-4-17-7-8/h2,4-7,16H,1,3H2. The van der Waals surface area contributed by atoms with Crippen molar-refractivity contribution in [3.8, 4) is 0 Å². The second-order valence-corrected chi connectivity index (χ2v) is 4.74. The number of thiophene rings is 1. The summed E-state index contributed by atoms with van der Waals surface area (Å²) in [7, 11) is 0. The van der Waals surface area contributed by atoms with E-state index in [0.29, 0.717) is 6.54 Å². The van der Waals surface area contributed by atoms with Crippen LogP contribution in [0.1, 0.15) is 5.56 Å². The van der Waals surface area contributed by atoms with E-state index in [9.17, 15) is 8.78 Å². The van der Waals surface area contributed by atoms with Crippen LogP contribution < -0.4 is 5.32 Å². The van der Waals surface area contributed by atoms with Crippen LogP contribution in [0.5, 0.6) is 0 Å². The van der Waals surface area contributed by atoms with Gasteiger partial charge in [0.15, 0.2) is 5.82 Å². The quantitative estimate of drug-likeness (QED) is 0.874. The van der Waals surface area contributed by atoms with E-state index >= 15 is 0 Å². The maximum absolute atomic E-state index is 13.4. The summed E-state index contributed by atoms with van der Waals surface area (Å²) in [5, 5.41) is 6.96. The molecule has 17 heavy (non-hydrogen) atoms. The Morgan fingerprint density at radius 3 is 2.76 bits per heavy atom. The molecule has 0 saturated carbocycles. The molecule has 1 aromatic carbocycles. The zero-order valence-electron chi connectivity index (χ0n) is 8.84. The van der Waals surface area contributed by atoms with Gasteiger partial charge in [0, 0.05) is 12.6 Å². The topological polar surface area (TPSA) is 12.0 Å². The van der Waals surface area contributed by atoms with Gasteiger partial charge in [0.05, 0.1) is 10.7 Å². The highest BCUT2D eigenvalue weighted by Gasteiger charge is 2.09. The number of anilines is 1. The highest BCUT2D eigenvalue weighted by atomic mass is 35.5. The van der Waals surface area contributed by atoms with Crippen molar-refractivity contribution in [1.82, 2.24) is 0 Å². The first kappa shape index (κ1) is 12.3. The van der Waals surface area contributed by atoms with Crippen LogP contribution >= 0.6 is 22.9 Å². The molecule has 0 aliphatic rings. The van der Waals surface area contributed by atoms with Crippen LogP contribution in [-0.2, 0) is 6.42 Å². The minimum absolute atomic E-state index is 0.0628.